The molecule has 0 radical (unpaired) electrons. The molecule has 8 nitrogen and oxygen atoms in total. The topological polar surface area (TPSA) is 82.6 Å². The van der Waals surface area contributed by atoms with Crippen molar-refractivity contribution in [1.29, 1.82) is 0 Å². The van der Waals surface area contributed by atoms with Gasteiger partial charge in [-0.25, -0.2) is 14.8 Å². The minimum atomic E-state index is -0.0733. The first-order chi connectivity index (χ1) is 13.5. The molecule has 4 heterocycles. The van der Waals surface area contributed by atoms with Gasteiger partial charge in [0.05, 0.1) is 12.2 Å². The van der Waals surface area contributed by atoms with Crippen LogP contribution in [0.2, 0.25) is 0 Å². The predicted octanol–water partition coefficient (Wildman–Crippen LogP) is 2.12. The van der Waals surface area contributed by atoms with E-state index in [9.17, 15) is 4.79 Å². The summed E-state index contributed by atoms with van der Waals surface area (Å²) >= 11 is 0. The van der Waals surface area contributed by atoms with E-state index >= 15 is 0 Å². The van der Waals surface area contributed by atoms with Crippen LogP contribution in [0, 0.1) is 6.92 Å². The van der Waals surface area contributed by atoms with Crippen molar-refractivity contribution >= 4 is 5.82 Å². The Hall–Kier alpha value is -3.42. The molecule has 142 valence electrons. The van der Waals surface area contributed by atoms with Crippen LogP contribution in [0.15, 0.2) is 41.2 Å². The van der Waals surface area contributed by atoms with E-state index in [2.05, 4.69) is 17.3 Å². The highest BCUT2D eigenvalue weighted by Crippen LogP contribution is 2.33. The second-order valence-corrected chi connectivity index (χ2v) is 7.37. The van der Waals surface area contributed by atoms with Gasteiger partial charge in [0.2, 0.25) is 0 Å². The number of nitrogens with zero attached hydrogens (tertiary/aromatic N) is 6. The number of benzene rings is 1. The maximum absolute atomic E-state index is 13.2. The van der Waals surface area contributed by atoms with Gasteiger partial charge < -0.3 is 5.32 Å². The highest BCUT2D eigenvalue weighted by molar-refractivity contribution is 5.73. The first-order valence-corrected chi connectivity index (χ1v) is 9.34. The SMILES string of the molecule is Cc1cc(-c2nc3c4n(c(=O)n(Cc5ccccc5)c-3n2)CC(C)N4)n(C)n1. The predicted molar refractivity (Wildman–Crippen MR) is 106 cm³/mol. The Bertz CT molecular complexity index is 1200. The molecule has 28 heavy (non-hydrogen) atoms. The number of fused-ring (bicyclic) bond motifs is 3. The molecule has 2 aromatic rings. The smallest absolute Gasteiger partial charge is 0.331 e. The lowest BCUT2D eigenvalue weighted by Gasteiger charge is -2.14. The van der Waals surface area contributed by atoms with E-state index in [4.69, 9.17) is 9.97 Å². The quantitative estimate of drug-likeness (QED) is 0.593. The third-order valence-electron chi connectivity index (χ3n) is 5.11. The zero-order valence-electron chi connectivity index (χ0n) is 16.0. The van der Waals surface area contributed by atoms with Crippen molar-refractivity contribution in [3.8, 4) is 23.0 Å². The summed E-state index contributed by atoms with van der Waals surface area (Å²) in [4.78, 5) is 22.8. The molecule has 0 aliphatic carbocycles. The molecule has 0 saturated heterocycles. The van der Waals surface area contributed by atoms with Gasteiger partial charge in [-0.15, -0.1) is 0 Å². The average Bonchev–Trinajstić information content (AvgIpc) is 3.35. The molecule has 5 rings (SSSR count). The fraction of sp³-hybridized carbons (Fsp3) is 0.300. The second-order valence-electron chi connectivity index (χ2n) is 7.37. The van der Waals surface area contributed by atoms with Gasteiger partial charge in [-0.1, -0.05) is 30.3 Å². The summed E-state index contributed by atoms with van der Waals surface area (Å²) in [6, 6.07) is 12.1. The molecule has 0 amide bonds. The summed E-state index contributed by atoms with van der Waals surface area (Å²) < 4.78 is 5.25. The molecule has 3 aliphatic rings. The summed E-state index contributed by atoms with van der Waals surface area (Å²) in [6.45, 7) is 5.06. The van der Waals surface area contributed by atoms with Crippen LogP contribution in [0.25, 0.3) is 23.0 Å². The molecule has 1 aromatic carbocycles. The van der Waals surface area contributed by atoms with Crippen molar-refractivity contribution in [2.45, 2.75) is 33.0 Å². The Labute approximate surface area is 161 Å². The van der Waals surface area contributed by atoms with Crippen LogP contribution in [0.3, 0.4) is 0 Å². The molecule has 8 heteroatoms. The van der Waals surface area contributed by atoms with E-state index in [1.807, 2.05) is 50.4 Å². The number of aromatic nitrogens is 6. The molecular formula is C20H21N7O. The van der Waals surface area contributed by atoms with E-state index in [0.29, 0.717) is 30.4 Å². The number of aryl methyl sites for hydroxylation is 2. The average molecular weight is 375 g/mol. The van der Waals surface area contributed by atoms with Crippen molar-refractivity contribution in [3.63, 3.8) is 0 Å². The molecule has 0 spiro atoms. The van der Waals surface area contributed by atoms with E-state index in [-0.39, 0.29) is 11.7 Å². The molecule has 1 aromatic heterocycles. The van der Waals surface area contributed by atoms with Crippen molar-refractivity contribution < 1.29 is 0 Å². The lowest BCUT2D eigenvalue weighted by molar-refractivity contribution is 0.606. The number of imidazole rings is 1. The zero-order chi connectivity index (χ0) is 19.4. The van der Waals surface area contributed by atoms with Crippen molar-refractivity contribution in [2.75, 3.05) is 5.32 Å². The number of nitrogens with one attached hydrogen (secondary N) is 1. The summed E-state index contributed by atoms with van der Waals surface area (Å²) in [5.74, 6) is 1.92. The Morgan fingerprint density at radius 3 is 2.71 bits per heavy atom. The van der Waals surface area contributed by atoms with Crippen LogP contribution < -0.4 is 11.0 Å². The van der Waals surface area contributed by atoms with Gasteiger partial charge in [-0.3, -0.25) is 13.8 Å². The van der Waals surface area contributed by atoms with Gasteiger partial charge in [0.25, 0.3) is 0 Å². The Morgan fingerprint density at radius 2 is 2.00 bits per heavy atom. The largest absolute Gasteiger partial charge is 0.365 e. The van der Waals surface area contributed by atoms with Gasteiger partial charge in [-0.05, 0) is 25.5 Å². The van der Waals surface area contributed by atoms with Crippen molar-refractivity contribution in [3.05, 3.63) is 58.1 Å². The maximum atomic E-state index is 13.2. The van der Waals surface area contributed by atoms with Gasteiger partial charge >= 0.3 is 5.69 Å². The number of hydrogen-bond acceptors (Lipinski definition) is 5. The van der Waals surface area contributed by atoms with Crippen LogP contribution in [-0.2, 0) is 20.1 Å². The van der Waals surface area contributed by atoms with E-state index < -0.39 is 0 Å². The van der Waals surface area contributed by atoms with Crippen molar-refractivity contribution in [2.24, 2.45) is 7.05 Å². The number of hydrogen-bond donors (Lipinski definition) is 1. The lowest BCUT2D eigenvalue weighted by Crippen LogP contribution is -2.32. The van der Waals surface area contributed by atoms with E-state index in [1.54, 1.807) is 13.8 Å². The van der Waals surface area contributed by atoms with Crippen LogP contribution in [-0.4, -0.2) is 34.9 Å². The van der Waals surface area contributed by atoms with Crippen molar-refractivity contribution in [1.82, 2.24) is 28.9 Å². The van der Waals surface area contributed by atoms with Crippen LogP contribution in [0.5, 0.6) is 0 Å². The van der Waals surface area contributed by atoms with Crippen LogP contribution >= 0.6 is 0 Å². The Morgan fingerprint density at radius 1 is 1.21 bits per heavy atom. The summed E-state index contributed by atoms with van der Waals surface area (Å²) in [7, 11) is 1.87. The molecule has 0 fully saturated rings. The summed E-state index contributed by atoms with van der Waals surface area (Å²) in [5, 5.41) is 7.78. The third kappa shape index (κ3) is 2.52. The standard InChI is InChI=1S/C20H21N7O/c1-12-9-15(25(3)24-12)17-22-16-18-21-13(2)10-26(18)20(28)27(19(16)23-17)11-14-7-5-4-6-8-14/h4-9,13,21H,10-11H2,1-3H3. The van der Waals surface area contributed by atoms with Gasteiger partial charge in [0.1, 0.15) is 17.2 Å². The fourth-order valence-electron chi connectivity index (χ4n) is 3.85. The molecule has 0 bridgehead atoms. The lowest BCUT2D eigenvalue weighted by atomic mass is 10.2. The van der Waals surface area contributed by atoms with E-state index in [0.717, 1.165) is 22.8 Å². The van der Waals surface area contributed by atoms with E-state index in [1.165, 1.54) is 0 Å². The Kier molecular flexibility index (Phi) is 3.61. The number of rotatable bonds is 3. The normalized spacial score (nSPS) is 15.8. The van der Waals surface area contributed by atoms with Crippen LogP contribution in [0.4, 0.5) is 5.82 Å². The second kappa shape index (κ2) is 6.05. The highest BCUT2D eigenvalue weighted by Gasteiger charge is 2.30. The van der Waals surface area contributed by atoms with Gasteiger partial charge in [0, 0.05) is 19.6 Å². The Balaban J connectivity index is 1.75. The molecule has 1 unspecified atom stereocenters. The summed E-state index contributed by atoms with van der Waals surface area (Å²) in [5.41, 5.74) is 3.42. The van der Waals surface area contributed by atoms with Gasteiger partial charge in [-0.2, -0.15) is 5.10 Å². The number of anilines is 1. The molecule has 1 N–H and O–H groups in total. The zero-order valence-corrected chi connectivity index (χ0v) is 16.0. The highest BCUT2D eigenvalue weighted by atomic mass is 16.1. The monoisotopic (exact) mass is 375 g/mol. The first-order valence-electron chi connectivity index (χ1n) is 9.34. The molecule has 0 saturated carbocycles. The third-order valence-corrected chi connectivity index (χ3v) is 5.11. The minimum Gasteiger partial charge on any atom is -0.365 e. The van der Waals surface area contributed by atoms with Crippen LogP contribution in [0.1, 0.15) is 18.2 Å². The molecule has 1 atom stereocenters. The molecular weight excluding hydrogens is 354 g/mol. The minimum absolute atomic E-state index is 0.0733. The fourth-order valence-corrected chi connectivity index (χ4v) is 3.85. The summed E-state index contributed by atoms with van der Waals surface area (Å²) in [6.07, 6.45) is 0. The molecule has 3 aliphatic heterocycles. The van der Waals surface area contributed by atoms with Gasteiger partial charge in [0.15, 0.2) is 11.6 Å². The maximum Gasteiger partial charge on any atom is 0.331 e. The first kappa shape index (κ1) is 16.7.